The molecule has 0 radical (unpaired) electrons. The highest BCUT2D eigenvalue weighted by molar-refractivity contribution is 5.94. The van der Waals surface area contributed by atoms with Crippen molar-refractivity contribution in [3.05, 3.63) is 53.6 Å². The largest absolute Gasteiger partial charge is 0.507 e. The van der Waals surface area contributed by atoms with Gasteiger partial charge >= 0.3 is 5.97 Å². The number of carbonyl (C=O) groups excluding carboxylic acids is 2. The molecule has 7 nitrogen and oxygen atoms in total. The number of phenols is 1. The molecule has 1 aliphatic carbocycles. The molecule has 28 heavy (non-hydrogen) atoms. The fourth-order valence-corrected chi connectivity index (χ4v) is 2.83. The van der Waals surface area contributed by atoms with Gasteiger partial charge in [-0.1, -0.05) is 12.1 Å². The van der Waals surface area contributed by atoms with Crippen LogP contribution >= 0.6 is 0 Å². The second-order valence-corrected chi connectivity index (χ2v) is 6.56. The number of methoxy groups -OCH3 is 2. The minimum atomic E-state index is -0.773. The first kappa shape index (κ1) is 19.5. The second kappa shape index (κ2) is 8.65. The van der Waals surface area contributed by atoms with E-state index in [0.717, 1.165) is 24.2 Å². The summed E-state index contributed by atoms with van der Waals surface area (Å²) in [6.45, 7) is 0.0532. The minimum Gasteiger partial charge on any atom is -0.507 e. The maximum atomic E-state index is 12.6. The number of benzene rings is 2. The van der Waals surface area contributed by atoms with Crippen molar-refractivity contribution in [3.8, 4) is 17.2 Å². The number of amides is 1. The summed E-state index contributed by atoms with van der Waals surface area (Å²) in [6.07, 6.45) is 1.87. The Hall–Kier alpha value is -3.22. The highest BCUT2D eigenvalue weighted by Gasteiger charge is 2.33. The molecule has 2 aromatic carbocycles. The van der Waals surface area contributed by atoms with Crippen molar-refractivity contribution < 1.29 is 28.9 Å². The summed E-state index contributed by atoms with van der Waals surface area (Å²) < 4.78 is 15.3. The highest BCUT2D eigenvalue weighted by Crippen LogP contribution is 2.29. The minimum absolute atomic E-state index is 0.0414. The number of esters is 1. The Morgan fingerprint density at radius 2 is 1.68 bits per heavy atom. The van der Waals surface area contributed by atoms with Gasteiger partial charge in [0.1, 0.15) is 22.8 Å². The van der Waals surface area contributed by atoms with Crippen LogP contribution in [0, 0.1) is 0 Å². The van der Waals surface area contributed by atoms with Crippen molar-refractivity contribution in [1.82, 2.24) is 4.90 Å². The monoisotopic (exact) mass is 385 g/mol. The third kappa shape index (κ3) is 4.73. The van der Waals surface area contributed by atoms with E-state index in [1.54, 1.807) is 12.0 Å². The van der Waals surface area contributed by atoms with Crippen LogP contribution in [0.5, 0.6) is 17.2 Å². The molecule has 0 spiro atoms. The summed E-state index contributed by atoms with van der Waals surface area (Å²) in [4.78, 5) is 26.6. The van der Waals surface area contributed by atoms with E-state index in [2.05, 4.69) is 0 Å². The third-order valence-corrected chi connectivity index (χ3v) is 4.57. The van der Waals surface area contributed by atoms with Gasteiger partial charge in [-0.2, -0.15) is 0 Å². The van der Waals surface area contributed by atoms with Crippen molar-refractivity contribution in [1.29, 1.82) is 0 Å². The molecule has 7 heteroatoms. The average molecular weight is 385 g/mol. The lowest BCUT2D eigenvalue weighted by Gasteiger charge is -2.22. The number of hydrogen-bond donors (Lipinski definition) is 1. The molecule has 0 aliphatic heterocycles. The van der Waals surface area contributed by atoms with Gasteiger partial charge in [-0.25, -0.2) is 4.79 Å². The van der Waals surface area contributed by atoms with E-state index in [4.69, 9.17) is 14.2 Å². The lowest BCUT2D eigenvalue weighted by molar-refractivity contribution is -0.135. The Kier molecular flexibility index (Phi) is 6.03. The van der Waals surface area contributed by atoms with E-state index in [-0.39, 0.29) is 29.9 Å². The van der Waals surface area contributed by atoms with Gasteiger partial charge in [0.05, 0.1) is 14.2 Å². The van der Waals surface area contributed by atoms with E-state index in [0.29, 0.717) is 12.3 Å². The average Bonchev–Trinajstić information content (AvgIpc) is 3.56. The SMILES string of the molecule is COc1ccc(CN(C(=O)COC(=O)c2cc(OC)ccc2O)C2CC2)cc1. The first-order valence-corrected chi connectivity index (χ1v) is 8.98. The van der Waals surface area contributed by atoms with Gasteiger partial charge in [0.2, 0.25) is 0 Å². The van der Waals surface area contributed by atoms with Gasteiger partial charge < -0.3 is 24.2 Å². The van der Waals surface area contributed by atoms with Crippen LogP contribution in [0.2, 0.25) is 0 Å². The van der Waals surface area contributed by atoms with Crippen molar-refractivity contribution in [2.75, 3.05) is 20.8 Å². The fourth-order valence-electron chi connectivity index (χ4n) is 2.83. The van der Waals surface area contributed by atoms with Crippen molar-refractivity contribution in [2.45, 2.75) is 25.4 Å². The molecule has 1 aliphatic rings. The standard InChI is InChI=1S/C21H23NO6/c1-26-16-7-3-14(4-8-16)12-22(15-5-6-15)20(24)13-28-21(25)18-11-17(27-2)9-10-19(18)23/h3-4,7-11,15,23H,5-6,12-13H2,1-2H3. The van der Waals surface area contributed by atoms with Crippen LogP contribution in [0.15, 0.2) is 42.5 Å². The number of rotatable bonds is 8. The zero-order valence-electron chi connectivity index (χ0n) is 15.9. The first-order chi connectivity index (χ1) is 13.5. The Balaban J connectivity index is 1.62. The van der Waals surface area contributed by atoms with E-state index in [1.165, 1.54) is 25.3 Å². The Morgan fingerprint density at radius 3 is 2.29 bits per heavy atom. The summed E-state index contributed by atoms with van der Waals surface area (Å²) in [6, 6.07) is 11.9. The van der Waals surface area contributed by atoms with Crippen LogP contribution in [0.1, 0.15) is 28.8 Å². The second-order valence-electron chi connectivity index (χ2n) is 6.56. The molecule has 148 valence electrons. The van der Waals surface area contributed by atoms with E-state index in [1.807, 2.05) is 24.3 Å². The maximum absolute atomic E-state index is 12.6. The predicted molar refractivity (Wildman–Crippen MR) is 102 cm³/mol. The molecule has 0 atom stereocenters. The Morgan fingerprint density at radius 1 is 1.04 bits per heavy atom. The summed E-state index contributed by atoms with van der Waals surface area (Å²) in [7, 11) is 3.06. The molecule has 0 aromatic heterocycles. The number of phenolic OH excluding ortho intramolecular Hbond substituents is 1. The molecule has 1 fully saturated rings. The Bertz CT molecular complexity index is 844. The van der Waals surface area contributed by atoms with Gasteiger partial charge in [-0.15, -0.1) is 0 Å². The van der Waals surface area contributed by atoms with Gasteiger partial charge in [0.15, 0.2) is 6.61 Å². The van der Waals surface area contributed by atoms with Gasteiger partial charge in [-0.3, -0.25) is 4.79 Å². The third-order valence-electron chi connectivity index (χ3n) is 4.57. The van der Waals surface area contributed by atoms with Crippen LogP contribution in [-0.4, -0.2) is 48.8 Å². The molecule has 2 aromatic rings. The molecular formula is C21H23NO6. The van der Waals surface area contributed by atoms with Gasteiger partial charge in [-0.05, 0) is 48.7 Å². The van der Waals surface area contributed by atoms with E-state index < -0.39 is 5.97 Å². The topological polar surface area (TPSA) is 85.3 Å². The van der Waals surface area contributed by atoms with Gasteiger partial charge in [0.25, 0.3) is 5.91 Å². The molecule has 3 rings (SSSR count). The number of carbonyl (C=O) groups is 2. The van der Waals surface area contributed by atoms with Crippen LogP contribution in [-0.2, 0) is 16.1 Å². The molecule has 0 heterocycles. The highest BCUT2D eigenvalue weighted by atomic mass is 16.5. The lowest BCUT2D eigenvalue weighted by Crippen LogP contribution is -2.36. The van der Waals surface area contributed by atoms with Gasteiger partial charge in [0, 0.05) is 12.6 Å². The fraction of sp³-hybridized carbons (Fsp3) is 0.333. The predicted octanol–water partition coefficient (Wildman–Crippen LogP) is 2.76. The molecular weight excluding hydrogens is 362 g/mol. The zero-order valence-corrected chi connectivity index (χ0v) is 15.9. The molecule has 1 saturated carbocycles. The first-order valence-electron chi connectivity index (χ1n) is 8.98. The molecule has 0 bridgehead atoms. The smallest absolute Gasteiger partial charge is 0.342 e. The number of hydrogen-bond acceptors (Lipinski definition) is 6. The lowest BCUT2D eigenvalue weighted by atomic mass is 10.2. The van der Waals surface area contributed by atoms with Crippen molar-refractivity contribution >= 4 is 11.9 Å². The van der Waals surface area contributed by atoms with E-state index >= 15 is 0 Å². The number of nitrogens with zero attached hydrogens (tertiary/aromatic N) is 1. The molecule has 1 amide bonds. The molecule has 1 N–H and O–H groups in total. The summed E-state index contributed by atoms with van der Waals surface area (Å²) in [5.74, 6) is -0.107. The van der Waals surface area contributed by atoms with E-state index in [9.17, 15) is 14.7 Å². The Labute approximate surface area is 163 Å². The van der Waals surface area contributed by atoms with Crippen LogP contribution in [0.4, 0.5) is 0 Å². The maximum Gasteiger partial charge on any atom is 0.342 e. The quantitative estimate of drug-likeness (QED) is 0.704. The summed E-state index contributed by atoms with van der Waals surface area (Å²) >= 11 is 0. The molecule has 0 saturated heterocycles. The molecule has 0 unspecified atom stereocenters. The van der Waals surface area contributed by atoms with Crippen molar-refractivity contribution in [3.63, 3.8) is 0 Å². The summed E-state index contributed by atoms with van der Waals surface area (Å²) in [5.41, 5.74) is 0.929. The summed E-state index contributed by atoms with van der Waals surface area (Å²) in [5, 5.41) is 9.85. The number of ether oxygens (including phenoxy) is 3. The normalized spacial score (nSPS) is 12.9. The number of aromatic hydroxyl groups is 1. The van der Waals surface area contributed by atoms with Crippen molar-refractivity contribution in [2.24, 2.45) is 0 Å². The van der Waals surface area contributed by atoms with Crippen LogP contribution in [0.25, 0.3) is 0 Å². The van der Waals surface area contributed by atoms with Crippen LogP contribution < -0.4 is 9.47 Å². The van der Waals surface area contributed by atoms with Crippen LogP contribution in [0.3, 0.4) is 0 Å². The zero-order chi connectivity index (χ0) is 20.1.